The maximum atomic E-state index is 12.9. The average Bonchev–Trinajstić information content (AvgIpc) is 3.43. The first kappa shape index (κ1) is 16.6. The fourth-order valence-corrected chi connectivity index (χ4v) is 4.11. The normalized spacial score (nSPS) is 14.0. The van der Waals surface area contributed by atoms with Crippen molar-refractivity contribution in [2.24, 2.45) is 0 Å². The second-order valence-electron chi connectivity index (χ2n) is 6.50. The number of aromatic amines is 1. The van der Waals surface area contributed by atoms with Gasteiger partial charge < -0.3 is 9.40 Å². The third kappa shape index (κ3) is 3.15. The van der Waals surface area contributed by atoms with Gasteiger partial charge in [-0.3, -0.25) is 4.79 Å². The monoisotopic (exact) mass is 395 g/mol. The van der Waals surface area contributed by atoms with Gasteiger partial charge in [0, 0.05) is 27.4 Å². The first-order valence-corrected chi connectivity index (χ1v) is 9.81. The van der Waals surface area contributed by atoms with Gasteiger partial charge >= 0.3 is 0 Å². The molecule has 5 nitrogen and oxygen atoms in total. The summed E-state index contributed by atoms with van der Waals surface area (Å²) >= 11 is 7.43. The van der Waals surface area contributed by atoms with Gasteiger partial charge in [-0.15, -0.1) is 10.2 Å². The van der Waals surface area contributed by atoms with Crippen LogP contribution in [0.25, 0.3) is 22.0 Å². The molecule has 0 saturated heterocycles. The zero-order valence-corrected chi connectivity index (χ0v) is 15.7. The van der Waals surface area contributed by atoms with Gasteiger partial charge in [-0.05, 0) is 48.4 Å². The predicted octanol–water partition coefficient (Wildman–Crippen LogP) is 5.26. The molecule has 1 aliphatic carbocycles. The van der Waals surface area contributed by atoms with Gasteiger partial charge in [-0.25, -0.2) is 0 Å². The highest BCUT2D eigenvalue weighted by Crippen LogP contribution is 2.42. The van der Waals surface area contributed by atoms with Crippen LogP contribution in [0.4, 0.5) is 0 Å². The van der Waals surface area contributed by atoms with E-state index in [2.05, 4.69) is 15.2 Å². The van der Waals surface area contributed by atoms with Crippen LogP contribution in [0.1, 0.15) is 24.7 Å². The second-order valence-corrected chi connectivity index (χ2v) is 7.89. The SMILES string of the molecule is O=c1[nH]c2ccc(Cl)cc2c(-c2ccccc2)c1Sc1nnc(C2CC2)o1. The Balaban J connectivity index is 1.72. The highest BCUT2D eigenvalue weighted by Gasteiger charge is 2.30. The van der Waals surface area contributed by atoms with E-state index in [0.29, 0.717) is 26.9 Å². The molecule has 1 saturated carbocycles. The molecule has 0 radical (unpaired) electrons. The lowest BCUT2D eigenvalue weighted by atomic mass is 10.0. The minimum Gasteiger partial charge on any atom is -0.415 e. The number of fused-ring (bicyclic) bond motifs is 1. The van der Waals surface area contributed by atoms with E-state index < -0.39 is 0 Å². The molecule has 7 heteroatoms. The Kier molecular flexibility index (Phi) is 4.02. The van der Waals surface area contributed by atoms with Crippen molar-refractivity contribution in [1.82, 2.24) is 15.2 Å². The van der Waals surface area contributed by atoms with Gasteiger partial charge in [0.15, 0.2) is 0 Å². The molecule has 5 rings (SSSR count). The standard InChI is InChI=1S/C20H14ClN3O2S/c21-13-8-9-15-14(10-13)16(11-4-2-1-3-5-11)17(18(25)22-15)27-20-24-23-19(26-20)12-6-7-12/h1-5,8-10,12H,6-7H2,(H,22,25). The summed E-state index contributed by atoms with van der Waals surface area (Å²) in [7, 11) is 0. The van der Waals surface area contributed by atoms with Crippen molar-refractivity contribution >= 4 is 34.3 Å². The Bertz CT molecular complexity index is 1200. The van der Waals surface area contributed by atoms with E-state index >= 15 is 0 Å². The van der Waals surface area contributed by atoms with Gasteiger partial charge in [0.05, 0.1) is 4.90 Å². The average molecular weight is 396 g/mol. The third-order valence-electron chi connectivity index (χ3n) is 4.53. The number of pyridine rings is 1. The Morgan fingerprint density at radius 3 is 2.70 bits per heavy atom. The Hall–Kier alpha value is -2.57. The van der Waals surface area contributed by atoms with Crippen LogP contribution < -0.4 is 5.56 Å². The van der Waals surface area contributed by atoms with Crippen LogP contribution in [0.3, 0.4) is 0 Å². The highest BCUT2D eigenvalue weighted by molar-refractivity contribution is 7.99. The third-order valence-corrected chi connectivity index (χ3v) is 5.70. The van der Waals surface area contributed by atoms with Crippen LogP contribution in [0, 0.1) is 0 Å². The molecule has 4 aromatic rings. The Labute approximate surface area is 163 Å². The van der Waals surface area contributed by atoms with Gasteiger partial charge in [0.1, 0.15) is 0 Å². The van der Waals surface area contributed by atoms with Crippen molar-refractivity contribution in [3.05, 3.63) is 69.8 Å². The summed E-state index contributed by atoms with van der Waals surface area (Å²) in [5.41, 5.74) is 2.28. The largest absolute Gasteiger partial charge is 0.415 e. The molecule has 1 N–H and O–H groups in total. The number of halogens is 1. The lowest BCUT2D eigenvalue weighted by Crippen LogP contribution is -2.10. The molecule has 0 amide bonds. The first-order valence-electron chi connectivity index (χ1n) is 8.61. The van der Waals surface area contributed by atoms with Crippen molar-refractivity contribution in [2.45, 2.75) is 28.9 Å². The molecule has 0 aliphatic heterocycles. The number of H-pyrrole nitrogens is 1. The molecular weight excluding hydrogens is 382 g/mol. The van der Waals surface area contributed by atoms with Crippen LogP contribution in [0.15, 0.2) is 67.9 Å². The quantitative estimate of drug-likeness (QED) is 0.510. The van der Waals surface area contributed by atoms with Crippen molar-refractivity contribution in [3.8, 4) is 11.1 Å². The minimum absolute atomic E-state index is 0.195. The van der Waals surface area contributed by atoms with Crippen molar-refractivity contribution in [1.29, 1.82) is 0 Å². The number of nitrogens with one attached hydrogen (secondary N) is 1. The van der Waals surface area contributed by atoms with E-state index in [1.165, 1.54) is 11.8 Å². The summed E-state index contributed by atoms with van der Waals surface area (Å²) in [6, 6.07) is 15.2. The predicted molar refractivity (Wildman–Crippen MR) is 105 cm³/mol. The molecule has 2 aromatic heterocycles. The van der Waals surface area contributed by atoms with Crippen LogP contribution >= 0.6 is 23.4 Å². The van der Waals surface area contributed by atoms with E-state index in [1.807, 2.05) is 42.5 Å². The summed E-state index contributed by atoms with van der Waals surface area (Å²) in [5, 5.41) is 10.1. The van der Waals surface area contributed by atoms with Crippen molar-refractivity contribution < 1.29 is 4.42 Å². The maximum absolute atomic E-state index is 12.9. The molecule has 0 unspecified atom stereocenters. The molecule has 0 spiro atoms. The molecular formula is C20H14ClN3O2S. The second kappa shape index (κ2) is 6.55. The van der Waals surface area contributed by atoms with Gasteiger partial charge in [-0.2, -0.15) is 0 Å². The number of nitrogens with zero attached hydrogens (tertiary/aromatic N) is 2. The van der Waals surface area contributed by atoms with E-state index in [9.17, 15) is 4.79 Å². The molecule has 0 bridgehead atoms. The number of hydrogen-bond acceptors (Lipinski definition) is 5. The molecule has 2 heterocycles. The molecule has 0 atom stereocenters. The molecule has 2 aromatic carbocycles. The maximum Gasteiger partial charge on any atom is 0.281 e. The zero-order valence-electron chi connectivity index (χ0n) is 14.1. The summed E-state index contributed by atoms with van der Waals surface area (Å²) < 4.78 is 5.76. The number of rotatable bonds is 4. The van der Waals surface area contributed by atoms with Crippen LogP contribution in [0.5, 0.6) is 0 Å². The number of benzene rings is 2. The van der Waals surface area contributed by atoms with Crippen LogP contribution in [-0.4, -0.2) is 15.2 Å². The number of hydrogen-bond donors (Lipinski definition) is 1. The molecule has 27 heavy (non-hydrogen) atoms. The fourth-order valence-electron chi connectivity index (χ4n) is 3.08. The summed E-state index contributed by atoms with van der Waals surface area (Å²) in [4.78, 5) is 16.3. The van der Waals surface area contributed by atoms with Gasteiger partial charge in [0.2, 0.25) is 5.89 Å². The molecule has 1 fully saturated rings. The van der Waals surface area contributed by atoms with Gasteiger partial charge in [-0.1, -0.05) is 41.9 Å². The molecule has 1 aliphatic rings. The first-order chi connectivity index (χ1) is 13.2. The van der Waals surface area contributed by atoms with E-state index in [0.717, 1.165) is 34.9 Å². The topological polar surface area (TPSA) is 71.8 Å². The zero-order chi connectivity index (χ0) is 18.4. The lowest BCUT2D eigenvalue weighted by Gasteiger charge is -2.11. The number of aromatic nitrogens is 3. The van der Waals surface area contributed by atoms with E-state index in [-0.39, 0.29) is 5.56 Å². The van der Waals surface area contributed by atoms with E-state index in [1.54, 1.807) is 6.07 Å². The van der Waals surface area contributed by atoms with Crippen molar-refractivity contribution in [2.75, 3.05) is 0 Å². The molecule has 134 valence electrons. The Morgan fingerprint density at radius 1 is 1.11 bits per heavy atom. The summed E-state index contributed by atoms with van der Waals surface area (Å²) in [6.45, 7) is 0. The van der Waals surface area contributed by atoms with E-state index in [4.69, 9.17) is 16.0 Å². The van der Waals surface area contributed by atoms with Crippen LogP contribution in [0.2, 0.25) is 5.02 Å². The Morgan fingerprint density at radius 2 is 1.93 bits per heavy atom. The highest BCUT2D eigenvalue weighted by atomic mass is 35.5. The smallest absolute Gasteiger partial charge is 0.281 e. The minimum atomic E-state index is -0.195. The lowest BCUT2D eigenvalue weighted by molar-refractivity contribution is 0.414. The fraction of sp³-hybridized carbons (Fsp3) is 0.150. The van der Waals surface area contributed by atoms with Crippen LogP contribution in [-0.2, 0) is 0 Å². The van der Waals surface area contributed by atoms with Crippen molar-refractivity contribution in [3.63, 3.8) is 0 Å². The van der Waals surface area contributed by atoms with Gasteiger partial charge in [0.25, 0.3) is 10.8 Å². The summed E-state index contributed by atoms with van der Waals surface area (Å²) in [6.07, 6.45) is 2.16. The summed E-state index contributed by atoms with van der Waals surface area (Å²) in [5.74, 6) is 1.02.